The average molecular weight is 431 g/mol. The molecule has 0 radical (unpaired) electrons. The SMILES string of the molecule is Cc1cc(C)cc(NC(=O)[C@H]2CC(=O)N(c3cccc(-c4noc(C5CCC5)n4)c3)C2)c1. The van der Waals surface area contributed by atoms with Crippen molar-refractivity contribution in [2.75, 3.05) is 16.8 Å². The van der Waals surface area contributed by atoms with E-state index in [9.17, 15) is 9.59 Å². The Morgan fingerprint density at radius 1 is 1.12 bits per heavy atom. The van der Waals surface area contributed by atoms with E-state index in [4.69, 9.17) is 4.52 Å². The van der Waals surface area contributed by atoms with Gasteiger partial charge in [0.15, 0.2) is 0 Å². The van der Waals surface area contributed by atoms with E-state index in [0.29, 0.717) is 24.2 Å². The van der Waals surface area contributed by atoms with Gasteiger partial charge >= 0.3 is 0 Å². The molecule has 2 aliphatic rings. The van der Waals surface area contributed by atoms with Gasteiger partial charge in [0.25, 0.3) is 0 Å². The maximum atomic E-state index is 12.8. The molecule has 1 aliphatic heterocycles. The molecule has 2 amide bonds. The Morgan fingerprint density at radius 2 is 1.91 bits per heavy atom. The molecule has 1 saturated carbocycles. The van der Waals surface area contributed by atoms with Crippen LogP contribution in [0.25, 0.3) is 11.4 Å². The zero-order chi connectivity index (χ0) is 22.2. The van der Waals surface area contributed by atoms with Gasteiger partial charge in [-0.05, 0) is 62.1 Å². The highest BCUT2D eigenvalue weighted by Gasteiger charge is 2.35. The van der Waals surface area contributed by atoms with E-state index in [0.717, 1.165) is 40.9 Å². The number of hydrogen-bond acceptors (Lipinski definition) is 5. The van der Waals surface area contributed by atoms with Gasteiger partial charge in [-0.2, -0.15) is 4.98 Å². The number of aromatic nitrogens is 2. The fourth-order valence-electron chi connectivity index (χ4n) is 4.41. The molecule has 1 atom stereocenters. The number of anilines is 2. The molecule has 164 valence electrons. The molecular weight excluding hydrogens is 404 g/mol. The fourth-order valence-corrected chi connectivity index (χ4v) is 4.41. The summed E-state index contributed by atoms with van der Waals surface area (Å²) in [6.45, 7) is 4.34. The Balaban J connectivity index is 1.30. The van der Waals surface area contributed by atoms with Crippen molar-refractivity contribution in [1.82, 2.24) is 10.1 Å². The third-order valence-corrected chi connectivity index (χ3v) is 6.30. The molecule has 2 heterocycles. The van der Waals surface area contributed by atoms with E-state index in [1.165, 1.54) is 6.42 Å². The second-order valence-electron chi connectivity index (χ2n) is 8.91. The summed E-state index contributed by atoms with van der Waals surface area (Å²) in [6.07, 6.45) is 3.58. The summed E-state index contributed by atoms with van der Waals surface area (Å²) >= 11 is 0. The minimum absolute atomic E-state index is 0.0639. The van der Waals surface area contributed by atoms with E-state index in [2.05, 4.69) is 21.5 Å². The average Bonchev–Trinajstić information content (AvgIpc) is 3.33. The molecule has 0 unspecified atom stereocenters. The lowest BCUT2D eigenvalue weighted by molar-refractivity contribution is -0.122. The highest BCUT2D eigenvalue weighted by atomic mass is 16.5. The maximum absolute atomic E-state index is 12.8. The second kappa shape index (κ2) is 8.22. The van der Waals surface area contributed by atoms with E-state index >= 15 is 0 Å². The third kappa shape index (κ3) is 4.02. The van der Waals surface area contributed by atoms with E-state index in [1.807, 2.05) is 50.2 Å². The van der Waals surface area contributed by atoms with Crippen LogP contribution in [0.15, 0.2) is 47.0 Å². The summed E-state index contributed by atoms with van der Waals surface area (Å²) in [6, 6.07) is 13.5. The fraction of sp³-hybridized carbons (Fsp3) is 0.360. The van der Waals surface area contributed by atoms with Gasteiger partial charge in [-0.15, -0.1) is 0 Å². The number of nitrogens with zero attached hydrogens (tertiary/aromatic N) is 3. The molecule has 7 heteroatoms. The number of carbonyl (C=O) groups is 2. The number of aryl methyl sites for hydroxylation is 2. The molecule has 7 nitrogen and oxygen atoms in total. The Labute approximate surface area is 186 Å². The standard InChI is InChI=1S/C25H26N4O3/c1-15-9-16(2)11-20(10-15)26-24(31)19-13-22(30)29(14-19)21-8-4-7-18(12-21)23-27-25(32-28-23)17-5-3-6-17/h4,7-12,17,19H,3,5-6,13-14H2,1-2H3,(H,26,31)/t19-/m0/s1. The van der Waals surface area contributed by atoms with E-state index in [1.54, 1.807) is 4.90 Å². The van der Waals surface area contributed by atoms with Crippen LogP contribution in [-0.2, 0) is 9.59 Å². The lowest BCUT2D eigenvalue weighted by Gasteiger charge is -2.20. The first-order valence-electron chi connectivity index (χ1n) is 11.1. The molecule has 1 aliphatic carbocycles. The van der Waals surface area contributed by atoms with Gasteiger partial charge < -0.3 is 14.7 Å². The quantitative estimate of drug-likeness (QED) is 0.638. The zero-order valence-electron chi connectivity index (χ0n) is 18.3. The van der Waals surface area contributed by atoms with Crippen LogP contribution in [0.5, 0.6) is 0 Å². The van der Waals surface area contributed by atoms with Gasteiger partial charge in [0.2, 0.25) is 23.5 Å². The Morgan fingerprint density at radius 3 is 2.62 bits per heavy atom. The maximum Gasteiger partial charge on any atom is 0.230 e. The minimum atomic E-state index is -0.401. The second-order valence-corrected chi connectivity index (χ2v) is 8.91. The van der Waals surface area contributed by atoms with Crippen LogP contribution in [0.4, 0.5) is 11.4 Å². The zero-order valence-corrected chi connectivity index (χ0v) is 18.3. The van der Waals surface area contributed by atoms with Crippen LogP contribution in [0, 0.1) is 19.8 Å². The van der Waals surface area contributed by atoms with Gasteiger partial charge in [0.05, 0.1) is 5.92 Å². The normalized spacial score (nSPS) is 18.6. The third-order valence-electron chi connectivity index (χ3n) is 6.30. The summed E-state index contributed by atoms with van der Waals surface area (Å²) in [7, 11) is 0. The van der Waals surface area contributed by atoms with Crippen molar-refractivity contribution in [3.05, 3.63) is 59.5 Å². The minimum Gasteiger partial charge on any atom is -0.339 e. The summed E-state index contributed by atoms with van der Waals surface area (Å²) in [5.74, 6) is 0.997. The van der Waals surface area contributed by atoms with Crippen molar-refractivity contribution in [2.24, 2.45) is 5.92 Å². The van der Waals surface area contributed by atoms with E-state index in [-0.39, 0.29) is 18.2 Å². The van der Waals surface area contributed by atoms with Crippen LogP contribution >= 0.6 is 0 Å². The monoisotopic (exact) mass is 430 g/mol. The molecule has 2 aromatic carbocycles. The lowest BCUT2D eigenvalue weighted by Crippen LogP contribution is -2.28. The van der Waals surface area contributed by atoms with Crippen LogP contribution in [0.1, 0.15) is 48.6 Å². The molecule has 0 bridgehead atoms. The van der Waals surface area contributed by atoms with Crippen molar-refractivity contribution >= 4 is 23.2 Å². The smallest absolute Gasteiger partial charge is 0.230 e. The molecule has 1 saturated heterocycles. The Hall–Kier alpha value is -3.48. The first-order chi connectivity index (χ1) is 15.5. The molecule has 2 fully saturated rings. The Bertz CT molecular complexity index is 1160. The van der Waals surface area contributed by atoms with Crippen molar-refractivity contribution in [3.63, 3.8) is 0 Å². The van der Waals surface area contributed by atoms with Crippen molar-refractivity contribution in [3.8, 4) is 11.4 Å². The van der Waals surface area contributed by atoms with Crippen LogP contribution in [0.2, 0.25) is 0 Å². The number of carbonyl (C=O) groups excluding carboxylic acids is 2. The van der Waals surface area contributed by atoms with Gasteiger partial charge in [0, 0.05) is 35.8 Å². The number of rotatable bonds is 5. The summed E-state index contributed by atoms with van der Waals surface area (Å²) in [5.41, 5.74) is 4.48. The Kier molecular flexibility index (Phi) is 5.25. The summed E-state index contributed by atoms with van der Waals surface area (Å²) in [5, 5.41) is 7.10. The van der Waals surface area contributed by atoms with Crippen molar-refractivity contribution < 1.29 is 14.1 Å². The van der Waals surface area contributed by atoms with Gasteiger partial charge in [-0.1, -0.05) is 29.8 Å². The highest BCUT2D eigenvalue weighted by Crippen LogP contribution is 2.36. The van der Waals surface area contributed by atoms with Crippen LogP contribution in [-0.4, -0.2) is 28.5 Å². The molecule has 1 aromatic heterocycles. The first kappa shape index (κ1) is 20.4. The predicted molar refractivity (Wildman–Crippen MR) is 121 cm³/mol. The van der Waals surface area contributed by atoms with Crippen LogP contribution < -0.4 is 10.2 Å². The lowest BCUT2D eigenvalue weighted by atomic mass is 9.85. The number of benzene rings is 2. The van der Waals surface area contributed by atoms with Crippen molar-refractivity contribution in [2.45, 2.75) is 45.4 Å². The largest absolute Gasteiger partial charge is 0.339 e. The molecule has 0 spiro atoms. The molecule has 32 heavy (non-hydrogen) atoms. The van der Waals surface area contributed by atoms with Crippen molar-refractivity contribution in [1.29, 1.82) is 0 Å². The van der Waals surface area contributed by atoms with Gasteiger partial charge in [0.1, 0.15) is 0 Å². The molecule has 5 rings (SSSR count). The first-order valence-corrected chi connectivity index (χ1v) is 11.1. The summed E-state index contributed by atoms with van der Waals surface area (Å²) < 4.78 is 5.44. The summed E-state index contributed by atoms with van der Waals surface area (Å²) in [4.78, 5) is 31.8. The number of nitrogens with one attached hydrogen (secondary N) is 1. The highest BCUT2D eigenvalue weighted by molar-refractivity contribution is 6.03. The molecule has 1 N–H and O–H groups in total. The van der Waals surface area contributed by atoms with Gasteiger partial charge in [-0.3, -0.25) is 9.59 Å². The molecular formula is C25H26N4O3. The molecule has 3 aromatic rings. The number of amides is 2. The predicted octanol–water partition coefficient (Wildman–Crippen LogP) is 4.61. The van der Waals surface area contributed by atoms with Crippen LogP contribution in [0.3, 0.4) is 0 Å². The van der Waals surface area contributed by atoms with Gasteiger partial charge in [-0.25, -0.2) is 0 Å². The number of hydrogen-bond donors (Lipinski definition) is 1. The topological polar surface area (TPSA) is 88.3 Å². The van der Waals surface area contributed by atoms with E-state index < -0.39 is 5.92 Å².